The van der Waals surface area contributed by atoms with E-state index in [-0.39, 0.29) is 0 Å². The fraction of sp³-hybridized carbons (Fsp3) is 1.00. The highest BCUT2D eigenvalue weighted by molar-refractivity contribution is 4.94. The number of hydrogen-bond acceptors (Lipinski definition) is 0. The number of rotatable bonds is 1. The van der Waals surface area contributed by atoms with Crippen molar-refractivity contribution < 1.29 is 0 Å². The van der Waals surface area contributed by atoms with Crippen molar-refractivity contribution in [2.75, 3.05) is 0 Å². The van der Waals surface area contributed by atoms with Crippen LogP contribution in [0.1, 0.15) is 90.4 Å². The molecular weight excluding hydrogens is 252 g/mol. The highest BCUT2D eigenvalue weighted by Gasteiger charge is 2.44. The molecule has 4 aliphatic carbocycles. The second kappa shape index (κ2) is 6.25. The van der Waals surface area contributed by atoms with Gasteiger partial charge in [0, 0.05) is 0 Å². The molecule has 4 saturated carbocycles. The summed E-state index contributed by atoms with van der Waals surface area (Å²) in [6.45, 7) is 2.57. The van der Waals surface area contributed by atoms with Crippen LogP contribution in [0.4, 0.5) is 0 Å². The van der Waals surface area contributed by atoms with Gasteiger partial charge in [0.05, 0.1) is 0 Å². The molecule has 4 fully saturated rings. The molecule has 0 bridgehead atoms. The van der Waals surface area contributed by atoms with E-state index in [2.05, 4.69) is 6.92 Å². The minimum Gasteiger partial charge on any atom is -0.0622 e. The van der Waals surface area contributed by atoms with Crippen molar-refractivity contribution in [1.29, 1.82) is 0 Å². The monoisotopic (exact) mass is 288 g/mol. The van der Waals surface area contributed by atoms with Crippen LogP contribution >= 0.6 is 0 Å². The Bertz CT molecular complexity index is 346. The average Bonchev–Trinajstić information content (AvgIpc) is 2.55. The van der Waals surface area contributed by atoms with Crippen molar-refractivity contribution in [2.24, 2.45) is 41.4 Å². The third kappa shape index (κ3) is 2.81. The summed E-state index contributed by atoms with van der Waals surface area (Å²) >= 11 is 0. The predicted octanol–water partition coefficient (Wildman–Crippen LogP) is 6.45. The van der Waals surface area contributed by atoms with Gasteiger partial charge in [0.1, 0.15) is 0 Å². The molecule has 0 aromatic carbocycles. The molecule has 0 radical (unpaired) electrons. The summed E-state index contributed by atoms with van der Waals surface area (Å²) in [5.74, 6) is 7.82. The summed E-state index contributed by atoms with van der Waals surface area (Å²) in [5.41, 5.74) is 0. The summed E-state index contributed by atoms with van der Waals surface area (Å²) in [7, 11) is 0. The summed E-state index contributed by atoms with van der Waals surface area (Å²) in [4.78, 5) is 0. The lowest BCUT2D eigenvalue weighted by Gasteiger charge is -2.50. The molecule has 0 aliphatic heterocycles. The third-order valence-electron chi connectivity index (χ3n) is 8.30. The van der Waals surface area contributed by atoms with Gasteiger partial charge in [-0.3, -0.25) is 0 Å². The molecule has 21 heavy (non-hydrogen) atoms. The zero-order valence-electron chi connectivity index (χ0n) is 14.2. The zero-order chi connectivity index (χ0) is 14.2. The van der Waals surface area contributed by atoms with Gasteiger partial charge in [-0.1, -0.05) is 51.9 Å². The maximum atomic E-state index is 2.57. The number of hydrogen-bond donors (Lipinski definition) is 0. The molecular formula is C21H36. The van der Waals surface area contributed by atoms with E-state index in [0.717, 1.165) is 41.4 Å². The molecule has 0 amide bonds. The van der Waals surface area contributed by atoms with Gasteiger partial charge in [0.2, 0.25) is 0 Å². The summed E-state index contributed by atoms with van der Waals surface area (Å²) in [6, 6.07) is 0. The van der Waals surface area contributed by atoms with Crippen molar-refractivity contribution >= 4 is 0 Å². The van der Waals surface area contributed by atoms with Crippen molar-refractivity contribution in [3.63, 3.8) is 0 Å². The minimum absolute atomic E-state index is 1.04. The largest absolute Gasteiger partial charge is 0.0622 e. The summed E-state index contributed by atoms with van der Waals surface area (Å²) < 4.78 is 0. The summed E-state index contributed by atoms with van der Waals surface area (Å²) in [5, 5.41) is 0. The molecule has 7 atom stereocenters. The highest BCUT2D eigenvalue weighted by atomic mass is 14.5. The lowest BCUT2D eigenvalue weighted by molar-refractivity contribution is -0.00442. The van der Waals surface area contributed by atoms with Crippen molar-refractivity contribution in [1.82, 2.24) is 0 Å². The van der Waals surface area contributed by atoms with Crippen LogP contribution in [0.2, 0.25) is 0 Å². The Morgan fingerprint density at radius 1 is 0.476 bits per heavy atom. The lowest BCUT2D eigenvalue weighted by atomic mass is 9.55. The molecule has 0 aromatic rings. The highest BCUT2D eigenvalue weighted by Crippen LogP contribution is 2.53. The van der Waals surface area contributed by atoms with Gasteiger partial charge in [-0.05, 0) is 80.0 Å². The Kier molecular flexibility index (Phi) is 4.34. The van der Waals surface area contributed by atoms with Crippen LogP contribution in [-0.2, 0) is 0 Å². The topological polar surface area (TPSA) is 0 Å². The average molecular weight is 289 g/mol. The van der Waals surface area contributed by atoms with Gasteiger partial charge < -0.3 is 0 Å². The van der Waals surface area contributed by atoms with Gasteiger partial charge in [0.15, 0.2) is 0 Å². The molecule has 4 aliphatic rings. The van der Waals surface area contributed by atoms with Crippen LogP contribution in [0.5, 0.6) is 0 Å². The van der Waals surface area contributed by atoms with E-state index in [1.165, 1.54) is 12.8 Å². The first-order chi connectivity index (χ1) is 10.3. The van der Waals surface area contributed by atoms with Crippen molar-refractivity contribution in [3.8, 4) is 0 Å². The predicted molar refractivity (Wildman–Crippen MR) is 90.1 cm³/mol. The third-order valence-corrected chi connectivity index (χ3v) is 8.30. The molecule has 0 spiro atoms. The maximum absolute atomic E-state index is 2.57. The first-order valence-electron chi connectivity index (χ1n) is 10.3. The second-order valence-electron chi connectivity index (χ2n) is 9.21. The van der Waals surface area contributed by atoms with E-state index in [1.54, 1.807) is 70.6 Å². The molecule has 0 saturated heterocycles. The Morgan fingerprint density at radius 3 is 2.00 bits per heavy atom. The molecule has 0 heterocycles. The number of fused-ring (bicyclic) bond motifs is 2. The Morgan fingerprint density at radius 2 is 1.14 bits per heavy atom. The van der Waals surface area contributed by atoms with E-state index < -0.39 is 0 Å². The minimum atomic E-state index is 1.04. The fourth-order valence-corrected chi connectivity index (χ4v) is 7.19. The van der Waals surface area contributed by atoms with Gasteiger partial charge in [-0.2, -0.15) is 0 Å². The summed E-state index contributed by atoms with van der Waals surface area (Å²) in [6.07, 6.45) is 20.4. The van der Waals surface area contributed by atoms with Crippen LogP contribution in [-0.4, -0.2) is 0 Å². The Hall–Kier alpha value is 0. The van der Waals surface area contributed by atoms with Crippen LogP contribution in [0, 0.1) is 41.4 Å². The zero-order valence-corrected chi connectivity index (χ0v) is 14.2. The Balaban J connectivity index is 1.45. The van der Waals surface area contributed by atoms with Crippen molar-refractivity contribution in [3.05, 3.63) is 0 Å². The molecule has 4 rings (SSSR count). The van der Waals surface area contributed by atoms with Crippen molar-refractivity contribution in [2.45, 2.75) is 90.4 Å². The quantitative estimate of drug-likeness (QED) is 0.520. The van der Waals surface area contributed by atoms with E-state index in [4.69, 9.17) is 0 Å². The van der Waals surface area contributed by atoms with E-state index in [9.17, 15) is 0 Å². The Labute approximate surface area is 132 Å². The van der Waals surface area contributed by atoms with Gasteiger partial charge in [0.25, 0.3) is 0 Å². The van der Waals surface area contributed by atoms with E-state index >= 15 is 0 Å². The SMILES string of the molecule is CC1CCC(C2CCC3CCCCC3C2)C2CCCCC12. The van der Waals surface area contributed by atoms with Crippen LogP contribution in [0.25, 0.3) is 0 Å². The van der Waals surface area contributed by atoms with Gasteiger partial charge in [-0.25, -0.2) is 0 Å². The molecule has 7 unspecified atom stereocenters. The molecule has 120 valence electrons. The lowest BCUT2D eigenvalue weighted by Crippen LogP contribution is -2.41. The molecule has 0 N–H and O–H groups in total. The van der Waals surface area contributed by atoms with Gasteiger partial charge >= 0.3 is 0 Å². The van der Waals surface area contributed by atoms with Crippen LogP contribution in [0.3, 0.4) is 0 Å². The smallest absolute Gasteiger partial charge is 0.0352 e. The van der Waals surface area contributed by atoms with E-state index in [1.807, 2.05) is 0 Å². The van der Waals surface area contributed by atoms with Crippen LogP contribution in [0.15, 0.2) is 0 Å². The normalized spacial score (nSPS) is 51.0. The standard InChI is InChI=1S/C21H36/c1-15-10-13-20(21-9-5-4-8-19(15)21)18-12-11-16-6-2-3-7-17(16)14-18/h15-21H,2-14H2,1H3. The molecule has 0 heteroatoms. The maximum Gasteiger partial charge on any atom is -0.0352 e. The van der Waals surface area contributed by atoms with Gasteiger partial charge in [-0.15, -0.1) is 0 Å². The second-order valence-corrected chi connectivity index (χ2v) is 9.21. The molecule has 0 aromatic heterocycles. The first-order valence-corrected chi connectivity index (χ1v) is 10.3. The van der Waals surface area contributed by atoms with Crippen LogP contribution < -0.4 is 0 Å². The molecule has 0 nitrogen and oxygen atoms in total. The van der Waals surface area contributed by atoms with E-state index in [0.29, 0.717) is 0 Å². The first kappa shape index (κ1) is 14.6. The fourth-order valence-electron chi connectivity index (χ4n) is 7.19.